The van der Waals surface area contributed by atoms with Crippen molar-refractivity contribution in [2.75, 3.05) is 13.2 Å². The highest BCUT2D eigenvalue weighted by Gasteiger charge is 2.44. The molecule has 1 aliphatic rings. The zero-order valence-corrected chi connectivity index (χ0v) is 38.5. The molecule has 59 heavy (non-hydrogen) atoms. The highest BCUT2D eigenvalue weighted by Crippen LogP contribution is 2.23. The SMILES string of the molecule is CCCCCCCCC/C=C/CCCCC(O)C(COC1O[C@H](CO)[C@@H](O)[C@H](O)[C@H]1O)NC(=O)CCCCCCCCCCCCCCCCCCCCCCCCC. The molecule has 0 aromatic carbocycles. The Balaban J connectivity index is 2.23. The van der Waals surface area contributed by atoms with Crippen molar-refractivity contribution >= 4 is 5.91 Å². The Bertz CT molecular complexity index is 935. The lowest BCUT2D eigenvalue weighted by Gasteiger charge is -2.40. The molecule has 0 bridgehead atoms. The van der Waals surface area contributed by atoms with Gasteiger partial charge in [-0.25, -0.2) is 0 Å². The van der Waals surface area contributed by atoms with Gasteiger partial charge in [0.25, 0.3) is 0 Å². The van der Waals surface area contributed by atoms with Crippen LogP contribution in [-0.2, 0) is 14.3 Å². The van der Waals surface area contributed by atoms with Crippen LogP contribution in [0.5, 0.6) is 0 Å². The summed E-state index contributed by atoms with van der Waals surface area (Å²) >= 11 is 0. The van der Waals surface area contributed by atoms with E-state index in [1.165, 1.54) is 173 Å². The average Bonchev–Trinajstić information content (AvgIpc) is 3.23. The van der Waals surface area contributed by atoms with Gasteiger partial charge in [-0.2, -0.15) is 0 Å². The van der Waals surface area contributed by atoms with Crippen LogP contribution in [0.3, 0.4) is 0 Å². The maximum Gasteiger partial charge on any atom is 0.220 e. The first-order valence-electron chi connectivity index (χ1n) is 25.4. The molecular weight excluding hydrogens is 743 g/mol. The molecule has 1 fully saturated rings. The molecule has 9 heteroatoms. The summed E-state index contributed by atoms with van der Waals surface area (Å²) < 4.78 is 11.3. The van der Waals surface area contributed by atoms with Crippen molar-refractivity contribution < 1.29 is 39.8 Å². The Morgan fingerprint density at radius 2 is 0.949 bits per heavy atom. The molecule has 3 unspecified atom stereocenters. The van der Waals surface area contributed by atoms with Gasteiger partial charge in [-0.05, 0) is 38.5 Å². The van der Waals surface area contributed by atoms with E-state index in [0.29, 0.717) is 12.8 Å². The van der Waals surface area contributed by atoms with Crippen LogP contribution in [0.4, 0.5) is 0 Å². The van der Waals surface area contributed by atoms with Crippen LogP contribution in [0.15, 0.2) is 12.2 Å². The number of aliphatic hydroxyl groups excluding tert-OH is 5. The van der Waals surface area contributed by atoms with Gasteiger partial charge in [0.1, 0.15) is 24.4 Å². The standard InChI is InChI=1S/C50H97NO8/c1-3-5-7-9-11-13-15-17-18-19-20-21-22-23-24-25-26-28-30-32-34-36-38-40-46(54)51-43(42-58-50-49(57)48(56)47(55)45(41-52)59-50)44(53)39-37-35-33-31-29-27-16-14-12-10-8-6-4-2/h29,31,43-45,47-50,52-53,55-57H,3-28,30,32-42H2,1-2H3,(H,51,54)/b31-29+/t43?,44?,45-,47-,48+,49-,50?/m1/s1. The number of hydrogen-bond acceptors (Lipinski definition) is 8. The largest absolute Gasteiger partial charge is 0.394 e. The molecule has 6 N–H and O–H groups in total. The molecule has 1 saturated heterocycles. The van der Waals surface area contributed by atoms with Gasteiger partial charge in [0.2, 0.25) is 5.91 Å². The summed E-state index contributed by atoms with van der Waals surface area (Å²) in [6.07, 6.45) is 40.9. The topological polar surface area (TPSA) is 149 Å². The Labute approximate surface area is 363 Å². The van der Waals surface area contributed by atoms with Gasteiger partial charge in [0, 0.05) is 6.42 Å². The van der Waals surface area contributed by atoms with E-state index in [2.05, 4.69) is 31.3 Å². The van der Waals surface area contributed by atoms with Crippen LogP contribution in [-0.4, -0.2) is 87.5 Å². The molecule has 1 heterocycles. The van der Waals surface area contributed by atoms with Gasteiger partial charge in [0.05, 0.1) is 25.4 Å². The van der Waals surface area contributed by atoms with Crippen LogP contribution >= 0.6 is 0 Å². The van der Waals surface area contributed by atoms with E-state index < -0.39 is 49.5 Å². The third-order valence-corrected chi connectivity index (χ3v) is 12.4. The normalized spacial score (nSPS) is 20.7. The number of nitrogens with one attached hydrogen (secondary N) is 1. The molecular formula is C50H97NO8. The highest BCUT2D eigenvalue weighted by molar-refractivity contribution is 5.76. The van der Waals surface area contributed by atoms with Crippen LogP contribution in [0.1, 0.15) is 245 Å². The van der Waals surface area contributed by atoms with Crippen molar-refractivity contribution in [2.45, 2.75) is 288 Å². The van der Waals surface area contributed by atoms with Gasteiger partial charge in [-0.15, -0.1) is 0 Å². The average molecular weight is 840 g/mol. The van der Waals surface area contributed by atoms with E-state index in [-0.39, 0.29) is 12.5 Å². The summed E-state index contributed by atoms with van der Waals surface area (Å²) in [6, 6.07) is -0.729. The van der Waals surface area contributed by atoms with Crippen LogP contribution in [0.2, 0.25) is 0 Å². The van der Waals surface area contributed by atoms with Crippen molar-refractivity contribution in [3.63, 3.8) is 0 Å². The minimum Gasteiger partial charge on any atom is -0.394 e. The van der Waals surface area contributed by atoms with Gasteiger partial charge in [0.15, 0.2) is 6.29 Å². The first-order chi connectivity index (χ1) is 28.8. The fraction of sp³-hybridized carbons (Fsp3) is 0.940. The summed E-state index contributed by atoms with van der Waals surface area (Å²) in [4.78, 5) is 13.0. The lowest BCUT2D eigenvalue weighted by Crippen LogP contribution is -2.60. The summed E-state index contributed by atoms with van der Waals surface area (Å²) in [5.41, 5.74) is 0. The number of unbranched alkanes of at least 4 members (excludes halogenated alkanes) is 31. The number of amides is 1. The molecule has 0 aromatic rings. The first kappa shape index (κ1) is 55.9. The fourth-order valence-corrected chi connectivity index (χ4v) is 8.27. The van der Waals surface area contributed by atoms with Crippen molar-refractivity contribution in [2.24, 2.45) is 0 Å². The molecule has 0 aromatic heterocycles. The zero-order valence-electron chi connectivity index (χ0n) is 38.5. The predicted octanol–water partition coefficient (Wildman–Crippen LogP) is 11.3. The number of aliphatic hydroxyl groups is 5. The van der Waals surface area contributed by atoms with E-state index in [4.69, 9.17) is 9.47 Å². The monoisotopic (exact) mass is 840 g/mol. The predicted molar refractivity (Wildman–Crippen MR) is 244 cm³/mol. The molecule has 350 valence electrons. The van der Waals surface area contributed by atoms with Crippen molar-refractivity contribution in [1.29, 1.82) is 0 Å². The zero-order chi connectivity index (χ0) is 43.0. The first-order valence-corrected chi connectivity index (χ1v) is 25.4. The molecule has 1 aliphatic heterocycles. The number of carbonyl (C=O) groups excluding carboxylic acids is 1. The maximum absolute atomic E-state index is 13.0. The molecule has 1 rings (SSSR count). The number of hydrogen-bond donors (Lipinski definition) is 6. The second-order valence-corrected chi connectivity index (χ2v) is 18.0. The van der Waals surface area contributed by atoms with Gasteiger partial charge >= 0.3 is 0 Å². The smallest absolute Gasteiger partial charge is 0.220 e. The number of ether oxygens (including phenoxy) is 2. The summed E-state index contributed by atoms with van der Waals surface area (Å²) in [6.45, 7) is 3.83. The molecule has 0 spiro atoms. The van der Waals surface area contributed by atoms with Gasteiger partial charge in [-0.1, -0.05) is 212 Å². The Hall–Kier alpha value is -1.07. The van der Waals surface area contributed by atoms with Crippen LogP contribution < -0.4 is 5.32 Å². The van der Waals surface area contributed by atoms with Gasteiger partial charge in [-0.3, -0.25) is 4.79 Å². The maximum atomic E-state index is 13.0. The number of allylic oxidation sites excluding steroid dienone is 2. The molecule has 7 atom stereocenters. The third-order valence-electron chi connectivity index (χ3n) is 12.4. The van der Waals surface area contributed by atoms with Gasteiger partial charge < -0.3 is 40.3 Å². The molecule has 1 amide bonds. The number of carbonyl (C=O) groups is 1. The fourth-order valence-electron chi connectivity index (χ4n) is 8.27. The summed E-state index contributed by atoms with van der Waals surface area (Å²) in [5.74, 6) is -0.150. The minimum atomic E-state index is -1.55. The number of rotatable bonds is 43. The molecule has 0 radical (unpaired) electrons. The quantitative estimate of drug-likeness (QED) is 0.0263. The van der Waals surface area contributed by atoms with Crippen molar-refractivity contribution in [3.8, 4) is 0 Å². The van der Waals surface area contributed by atoms with E-state index in [1.54, 1.807) is 0 Å². The second kappa shape index (κ2) is 41.0. The minimum absolute atomic E-state index is 0.145. The molecule has 9 nitrogen and oxygen atoms in total. The van der Waals surface area contributed by atoms with Crippen LogP contribution in [0, 0.1) is 0 Å². The Morgan fingerprint density at radius 1 is 0.559 bits per heavy atom. The summed E-state index contributed by atoms with van der Waals surface area (Å²) in [5, 5.41) is 54.4. The summed E-state index contributed by atoms with van der Waals surface area (Å²) in [7, 11) is 0. The van der Waals surface area contributed by atoms with E-state index in [9.17, 15) is 30.3 Å². The van der Waals surface area contributed by atoms with E-state index >= 15 is 0 Å². The third kappa shape index (κ3) is 31.4. The van der Waals surface area contributed by atoms with Crippen LogP contribution in [0.25, 0.3) is 0 Å². The van der Waals surface area contributed by atoms with E-state index in [1.807, 2.05) is 0 Å². The van der Waals surface area contributed by atoms with E-state index in [0.717, 1.165) is 44.9 Å². The Morgan fingerprint density at radius 3 is 1.37 bits per heavy atom. The van der Waals surface area contributed by atoms with Crippen molar-refractivity contribution in [1.82, 2.24) is 5.32 Å². The second-order valence-electron chi connectivity index (χ2n) is 18.0. The Kier molecular flexibility index (Phi) is 38.9. The van der Waals surface area contributed by atoms with Crippen molar-refractivity contribution in [3.05, 3.63) is 12.2 Å². The lowest BCUT2D eigenvalue weighted by molar-refractivity contribution is -0.302. The lowest BCUT2D eigenvalue weighted by atomic mass is 9.99. The molecule has 0 saturated carbocycles. The molecule has 0 aliphatic carbocycles. The highest BCUT2D eigenvalue weighted by atomic mass is 16.7.